The zero-order chi connectivity index (χ0) is 47.0. The van der Waals surface area contributed by atoms with E-state index in [0.717, 1.165) is 88.3 Å². The van der Waals surface area contributed by atoms with Crippen LogP contribution >= 0.6 is 0 Å². The molecule has 70 heavy (non-hydrogen) atoms. The van der Waals surface area contributed by atoms with Crippen molar-refractivity contribution < 1.29 is 19.7 Å². The van der Waals surface area contributed by atoms with Crippen LogP contribution in [-0.2, 0) is 13.2 Å². The van der Waals surface area contributed by atoms with Crippen LogP contribution in [0.4, 0.5) is 0 Å². The quantitative estimate of drug-likeness (QED) is 0.136. The van der Waals surface area contributed by atoms with Crippen LogP contribution in [0.1, 0.15) is 11.1 Å². The van der Waals surface area contributed by atoms with Gasteiger partial charge in [-0.2, -0.15) is 0 Å². The minimum Gasteiger partial charge on any atom is -0.457 e. The minimum absolute atomic E-state index is 0.104. The van der Waals surface area contributed by atoms with Gasteiger partial charge < -0.3 is 19.7 Å². The zero-order valence-corrected chi connectivity index (χ0v) is 38.2. The number of benzene rings is 12. The first-order valence-electron chi connectivity index (χ1n) is 23.6. The summed E-state index contributed by atoms with van der Waals surface area (Å²) in [4.78, 5) is 0. The van der Waals surface area contributed by atoms with Crippen molar-refractivity contribution >= 4 is 43.1 Å². The molecule has 0 spiro atoms. The normalized spacial score (nSPS) is 11.4. The molecule has 0 aliphatic heterocycles. The van der Waals surface area contributed by atoms with Crippen LogP contribution in [0.5, 0.6) is 23.0 Å². The Balaban J connectivity index is 1.10. The molecule has 0 fully saturated rings. The van der Waals surface area contributed by atoms with Gasteiger partial charge in [-0.3, -0.25) is 0 Å². The molecule has 0 atom stereocenters. The molecule has 334 valence electrons. The maximum Gasteiger partial charge on any atom is 0.136 e. The first-order valence-corrected chi connectivity index (χ1v) is 23.6. The van der Waals surface area contributed by atoms with Crippen LogP contribution < -0.4 is 9.47 Å². The molecular formula is C66H46O4. The summed E-state index contributed by atoms with van der Waals surface area (Å²) in [6, 6.07) is 83.8. The Morgan fingerprint density at radius 3 is 1.13 bits per heavy atom. The Morgan fingerprint density at radius 1 is 0.271 bits per heavy atom. The summed E-state index contributed by atoms with van der Waals surface area (Å²) in [5.74, 6) is 2.57. The van der Waals surface area contributed by atoms with E-state index in [1.807, 2.05) is 72.8 Å². The van der Waals surface area contributed by atoms with Gasteiger partial charge in [-0.15, -0.1) is 0 Å². The number of ether oxygens (including phenoxy) is 2. The Morgan fingerprint density at radius 2 is 0.686 bits per heavy atom. The van der Waals surface area contributed by atoms with Crippen LogP contribution in [0.2, 0.25) is 0 Å². The van der Waals surface area contributed by atoms with Crippen LogP contribution in [0.25, 0.3) is 98.7 Å². The third-order valence-electron chi connectivity index (χ3n) is 13.5. The summed E-state index contributed by atoms with van der Waals surface area (Å²) in [7, 11) is 0. The van der Waals surface area contributed by atoms with E-state index in [0.29, 0.717) is 23.0 Å². The fraction of sp³-hybridized carbons (Fsp3) is 0.0303. The van der Waals surface area contributed by atoms with Gasteiger partial charge in [-0.1, -0.05) is 194 Å². The third kappa shape index (κ3) is 7.91. The topological polar surface area (TPSA) is 58.9 Å². The van der Waals surface area contributed by atoms with Gasteiger partial charge in [0.2, 0.25) is 0 Å². The zero-order valence-electron chi connectivity index (χ0n) is 38.2. The number of aliphatic hydroxyl groups is 2. The molecule has 12 aromatic carbocycles. The van der Waals surface area contributed by atoms with E-state index in [-0.39, 0.29) is 13.2 Å². The maximum atomic E-state index is 10.5. The van der Waals surface area contributed by atoms with Gasteiger partial charge in [0.1, 0.15) is 23.0 Å². The van der Waals surface area contributed by atoms with Crippen molar-refractivity contribution in [2.45, 2.75) is 13.2 Å². The fourth-order valence-corrected chi connectivity index (χ4v) is 10.1. The summed E-state index contributed by atoms with van der Waals surface area (Å²) >= 11 is 0. The molecule has 12 rings (SSSR count). The Labute approximate surface area is 406 Å². The van der Waals surface area contributed by atoms with Crippen LogP contribution in [0.15, 0.2) is 243 Å². The number of hydrogen-bond donors (Lipinski definition) is 2. The van der Waals surface area contributed by atoms with Crippen molar-refractivity contribution in [3.63, 3.8) is 0 Å². The molecule has 12 aromatic rings. The Bertz CT molecular complexity index is 3650. The van der Waals surface area contributed by atoms with Crippen molar-refractivity contribution in [3.8, 4) is 78.6 Å². The SMILES string of the molecule is OCc1ccc(Oc2ccc3cc(-c4cccc5ccccc45)ccc3c2-c2c(Oc3ccc(CO)c(-c4ccccc4)c3)ccc3cc(-c4cccc5ccccc45)ccc23)cc1-c1ccccc1. The number of aliphatic hydroxyl groups excluding tert-OH is 2. The van der Waals surface area contributed by atoms with E-state index < -0.39 is 0 Å². The van der Waals surface area contributed by atoms with Gasteiger partial charge in [0.25, 0.3) is 0 Å². The molecule has 0 heterocycles. The van der Waals surface area contributed by atoms with Crippen molar-refractivity contribution in [3.05, 3.63) is 254 Å². The van der Waals surface area contributed by atoms with Gasteiger partial charge in [-0.05, 0) is 147 Å². The van der Waals surface area contributed by atoms with E-state index in [2.05, 4.69) is 170 Å². The Hall–Kier alpha value is -8.80. The van der Waals surface area contributed by atoms with E-state index in [4.69, 9.17) is 9.47 Å². The van der Waals surface area contributed by atoms with Crippen LogP contribution in [0.3, 0.4) is 0 Å². The highest BCUT2D eigenvalue weighted by atomic mass is 16.5. The Kier molecular flexibility index (Phi) is 11.2. The van der Waals surface area contributed by atoms with Crippen molar-refractivity contribution in [2.24, 2.45) is 0 Å². The highest BCUT2D eigenvalue weighted by Gasteiger charge is 2.23. The highest BCUT2D eigenvalue weighted by molar-refractivity contribution is 6.12. The number of fused-ring (bicyclic) bond motifs is 4. The molecule has 4 nitrogen and oxygen atoms in total. The van der Waals surface area contributed by atoms with Crippen molar-refractivity contribution in [1.82, 2.24) is 0 Å². The van der Waals surface area contributed by atoms with E-state index in [9.17, 15) is 10.2 Å². The summed E-state index contributed by atoms with van der Waals surface area (Å²) in [6.45, 7) is -0.207. The highest BCUT2D eigenvalue weighted by Crippen LogP contribution is 2.50. The predicted molar refractivity (Wildman–Crippen MR) is 289 cm³/mol. The first kappa shape index (κ1) is 42.5. The monoisotopic (exact) mass is 902 g/mol. The lowest BCUT2D eigenvalue weighted by Gasteiger charge is -2.21. The van der Waals surface area contributed by atoms with Gasteiger partial charge in [0.15, 0.2) is 0 Å². The second kappa shape index (κ2) is 18.4. The molecule has 0 unspecified atom stereocenters. The van der Waals surface area contributed by atoms with Crippen LogP contribution in [0, 0.1) is 0 Å². The molecule has 4 heteroatoms. The average molecular weight is 903 g/mol. The average Bonchev–Trinajstić information content (AvgIpc) is 3.43. The van der Waals surface area contributed by atoms with E-state index in [1.165, 1.54) is 21.5 Å². The van der Waals surface area contributed by atoms with E-state index >= 15 is 0 Å². The number of rotatable bonds is 11. The molecular weight excluding hydrogens is 857 g/mol. The molecule has 0 saturated heterocycles. The predicted octanol–water partition coefficient (Wildman–Crippen LogP) is 17.2. The standard InChI is InChI=1S/C66H46O4/c67-41-51-25-31-53(39-61(51)45-13-3-1-4-14-45)69-63-35-29-49-37-47(57-23-11-19-43-17-7-9-21-55(43)57)27-33-59(49)65(63)66-60-34-28-48(58-24-12-20-44-18-8-10-22-56(44)58)38-50(60)30-36-64(66)70-54-32-26-52(42-68)62(40-54)46-15-5-2-6-16-46/h1-40,67-68H,41-42H2. The van der Waals surface area contributed by atoms with Gasteiger partial charge >= 0.3 is 0 Å². The summed E-state index contributed by atoms with van der Waals surface area (Å²) in [5.41, 5.74) is 11.7. The summed E-state index contributed by atoms with van der Waals surface area (Å²) < 4.78 is 14.3. The second-order valence-corrected chi connectivity index (χ2v) is 17.7. The second-order valence-electron chi connectivity index (χ2n) is 17.7. The molecule has 0 aliphatic carbocycles. The van der Waals surface area contributed by atoms with Crippen LogP contribution in [-0.4, -0.2) is 10.2 Å². The summed E-state index contributed by atoms with van der Waals surface area (Å²) in [6.07, 6.45) is 0. The molecule has 0 aromatic heterocycles. The number of hydrogen-bond acceptors (Lipinski definition) is 4. The molecule has 0 amide bonds. The first-order chi connectivity index (χ1) is 34.6. The van der Waals surface area contributed by atoms with Gasteiger partial charge in [-0.25, -0.2) is 0 Å². The molecule has 2 N–H and O–H groups in total. The maximum absolute atomic E-state index is 10.5. The molecule has 0 bridgehead atoms. The van der Waals surface area contributed by atoms with E-state index in [1.54, 1.807) is 0 Å². The van der Waals surface area contributed by atoms with Crippen molar-refractivity contribution in [1.29, 1.82) is 0 Å². The summed E-state index contributed by atoms with van der Waals surface area (Å²) in [5, 5.41) is 29.8. The fourth-order valence-electron chi connectivity index (χ4n) is 10.1. The minimum atomic E-state index is -0.104. The lowest BCUT2D eigenvalue weighted by molar-refractivity contribution is 0.282. The van der Waals surface area contributed by atoms with Gasteiger partial charge in [0.05, 0.1) is 13.2 Å². The smallest absolute Gasteiger partial charge is 0.136 e. The lowest BCUT2D eigenvalue weighted by Crippen LogP contribution is -1.97. The third-order valence-corrected chi connectivity index (χ3v) is 13.5. The lowest BCUT2D eigenvalue weighted by atomic mass is 9.89. The van der Waals surface area contributed by atoms with Crippen molar-refractivity contribution in [2.75, 3.05) is 0 Å². The van der Waals surface area contributed by atoms with Gasteiger partial charge in [0, 0.05) is 11.1 Å². The largest absolute Gasteiger partial charge is 0.457 e. The molecule has 0 radical (unpaired) electrons. The molecule has 0 aliphatic rings. The molecule has 0 saturated carbocycles.